The van der Waals surface area contributed by atoms with Gasteiger partial charge < -0.3 is 10.2 Å². The second-order valence-corrected chi connectivity index (χ2v) is 4.35. The summed E-state index contributed by atoms with van der Waals surface area (Å²) in [6.07, 6.45) is 3.69. The molecule has 0 fully saturated rings. The van der Waals surface area contributed by atoms with Gasteiger partial charge in [-0.25, -0.2) is 4.98 Å². The molecule has 16 heavy (non-hydrogen) atoms. The van der Waals surface area contributed by atoms with E-state index in [9.17, 15) is 0 Å². The van der Waals surface area contributed by atoms with E-state index in [1.54, 1.807) is 6.33 Å². The van der Waals surface area contributed by atoms with Crippen LogP contribution in [-0.4, -0.2) is 52.9 Å². The van der Waals surface area contributed by atoms with Gasteiger partial charge in [-0.3, -0.25) is 4.68 Å². The summed E-state index contributed by atoms with van der Waals surface area (Å²) >= 11 is 0. The number of likely N-dealkylation sites (N-methyl/N-ethyl adjacent to an activating group) is 1. The van der Waals surface area contributed by atoms with Crippen molar-refractivity contribution in [1.82, 2.24) is 25.0 Å². The fraction of sp³-hybridized carbons (Fsp3) is 0.818. The normalized spacial score (nSPS) is 13.3. The topological polar surface area (TPSA) is 46.0 Å². The SMILES string of the molecule is CCNC(CCN(C)C)Cc1ncnn1C. The second kappa shape index (κ2) is 6.60. The maximum absolute atomic E-state index is 4.26. The molecule has 0 radical (unpaired) electrons. The lowest BCUT2D eigenvalue weighted by molar-refractivity contribution is 0.355. The van der Waals surface area contributed by atoms with Gasteiger partial charge in [0.1, 0.15) is 12.2 Å². The minimum atomic E-state index is 0.482. The first-order valence-corrected chi connectivity index (χ1v) is 5.84. The Hall–Kier alpha value is -0.940. The second-order valence-electron chi connectivity index (χ2n) is 4.35. The summed E-state index contributed by atoms with van der Waals surface area (Å²) in [5, 5.41) is 7.59. The van der Waals surface area contributed by atoms with Crippen molar-refractivity contribution < 1.29 is 0 Å². The highest BCUT2D eigenvalue weighted by Gasteiger charge is 2.11. The Morgan fingerprint density at radius 3 is 2.75 bits per heavy atom. The van der Waals surface area contributed by atoms with Crippen molar-refractivity contribution in [2.45, 2.75) is 25.8 Å². The van der Waals surface area contributed by atoms with Gasteiger partial charge in [0.05, 0.1) is 0 Å². The average molecular weight is 225 g/mol. The highest BCUT2D eigenvalue weighted by Crippen LogP contribution is 2.02. The maximum atomic E-state index is 4.26. The molecule has 0 saturated carbocycles. The third-order valence-corrected chi connectivity index (χ3v) is 2.65. The van der Waals surface area contributed by atoms with E-state index in [1.807, 2.05) is 11.7 Å². The van der Waals surface area contributed by atoms with Crippen LogP contribution >= 0.6 is 0 Å². The molecule has 0 amide bonds. The van der Waals surface area contributed by atoms with E-state index in [0.717, 1.165) is 31.8 Å². The first kappa shape index (κ1) is 13.1. The van der Waals surface area contributed by atoms with Gasteiger partial charge in [0, 0.05) is 19.5 Å². The van der Waals surface area contributed by atoms with Crippen LogP contribution in [0.4, 0.5) is 0 Å². The minimum Gasteiger partial charge on any atom is -0.314 e. The Morgan fingerprint density at radius 1 is 1.50 bits per heavy atom. The highest BCUT2D eigenvalue weighted by atomic mass is 15.3. The van der Waals surface area contributed by atoms with Gasteiger partial charge >= 0.3 is 0 Å². The fourth-order valence-corrected chi connectivity index (χ4v) is 1.70. The van der Waals surface area contributed by atoms with Crippen molar-refractivity contribution in [3.63, 3.8) is 0 Å². The van der Waals surface area contributed by atoms with E-state index in [4.69, 9.17) is 0 Å². The molecule has 1 atom stereocenters. The summed E-state index contributed by atoms with van der Waals surface area (Å²) < 4.78 is 1.85. The lowest BCUT2D eigenvalue weighted by Crippen LogP contribution is -2.34. The van der Waals surface area contributed by atoms with Crippen molar-refractivity contribution in [2.75, 3.05) is 27.2 Å². The predicted molar refractivity (Wildman–Crippen MR) is 65.3 cm³/mol. The Balaban J connectivity index is 2.47. The number of aryl methyl sites for hydroxylation is 1. The molecule has 1 heterocycles. The molecule has 0 aliphatic carbocycles. The Kier molecular flexibility index (Phi) is 5.42. The summed E-state index contributed by atoms with van der Waals surface area (Å²) in [6.45, 7) is 4.23. The standard InChI is InChI=1S/C11H23N5/c1-5-12-10(6-7-15(2)3)8-11-13-9-14-16(11)4/h9-10,12H,5-8H2,1-4H3. The van der Waals surface area contributed by atoms with Crippen molar-refractivity contribution in [1.29, 1.82) is 0 Å². The molecule has 0 aliphatic heterocycles. The molecule has 0 saturated heterocycles. The molecule has 1 aromatic rings. The number of rotatable bonds is 7. The number of aromatic nitrogens is 3. The molecule has 0 bridgehead atoms. The highest BCUT2D eigenvalue weighted by molar-refractivity contribution is 4.89. The Bertz CT molecular complexity index is 294. The third kappa shape index (κ3) is 4.28. The Morgan fingerprint density at radius 2 is 2.25 bits per heavy atom. The monoisotopic (exact) mass is 225 g/mol. The van der Waals surface area contributed by atoms with Crippen LogP contribution in [0.25, 0.3) is 0 Å². The van der Waals surface area contributed by atoms with E-state index in [1.165, 1.54) is 0 Å². The summed E-state index contributed by atoms with van der Waals surface area (Å²) in [6, 6.07) is 0.482. The minimum absolute atomic E-state index is 0.482. The van der Waals surface area contributed by atoms with E-state index >= 15 is 0 Å². The summed E-state index contributed by atoms with van der Waals surface area (Å²) in [5.74, 6) is 1.05. The van der Waals surface area contributed by atoms with Crippen molar-refractivity contribution in [3.8, 4) is 0 Å². The zero-order valence-corrected chi connectivity index (χ0v) is 10.8. The lowest BCUT2D eigenvalue weighted by atomic mass is 10.1. The third-order valence-electron chi connectivity index (χ3n) is 2.65. The van der Waals surface area contributed by atoms with Crippen LogP contribution in [0.15, 0.2) is 6.33 Å². The zero-order valence-electron chi connectivity index (χ0n) is 10.8. The summed E-state index contributed by atoms with van der Waals surface area (Å²) in [5.41, 5.74) is 0. The fourth-order valence-electron chi connectivity index (χ4n) is 1.70. The molecular weight excluding hydrogens is 202 g/mol. The first-order chi connectivity index (χ1) is 7.63. The molecule has 0 aromatic carbocycles. The smallest absolute Gasteiger partial charge is 0.138 e. The molecule has 1 unspecified atom stereocenters. The quantitative estimate of drug-likeness (QED) is 0.724. The maximum Gasteiger partial charge on any atom is 0.138 e. The summed E-state index contributed by atoms with van der Waals surface area (Å²) in [7, 11) is 6.15. The van der Waals surface area contributed by atoms with Crippen molar-refractivity contribution in [3.05, 3.63) is 12.2 Å². The average Bonchev–Trinajstić information content (AvgIpc) is 2.61. The van der Waals surface area contributed by atoms with Crippen LogP contribution in [0, 0.1) is 0 Å². The molecule has 1 rings (SSSR count). The molecule has 0 spiro atoms. The van der Waals surface area contributed by atoms with Gasteiger partial charge in [-0.1, -0.05) is 6.92 Å². The molecule has 5 nitrogen and oxygen atoms in total. The molecule has 5 heteroatoms. The van der Waals surface area contributed by atoms with Gasteiger partial charge in [-0.05, 0) is 33.6 Å². The van der Waals surface area contributed by atoms with E-state index in [-0.39, 0.29) is 0 Å². The van der Waals surface area contributed by atoms with Gasteiger partial charge in [-0.15, -0.1) is 0 Å². The van der Waals surface area contributed by atoms with Crippen LogP contribution in [0.1, 0.15) is 19.2 Å². The lowest BCUT2D eigenvalue weighted by Gasteiger charge is -2.19. The summed E-state index contributed by atoms with van der Waals surface area (Å²) in [4.78, 5) is 6.47. The zero-order chi connectivity index (χ0) is 12.0. The predicted octanol–water partition coefficient (Wildman–Crippen LogP) is 0.287. The molecule has 92 valence electrons. The first-order valence-electron chi connectivity index (χ1n) is 5.84. The van der Waals surface area contributed by atoms with Gasteiger partial charge in [-0.2, -0.15) is 5.10 Å². The van der Waals surface area contributed by atoms with E-state index < -0.39 is 0 Å². The van der Waals surface area contributed by atoms with Crippen LogP contribution in [0.5, 0.6) is 0 Å². The van der Waals surface area contributed by atoms with Crippen LogP contribution < -0.4 is 5.32 Å². The van der Waals surface area contributed by atoms with Gasteiger partial charge in [0.2, 0.25) is 0 Å². The number of hydrogen-bond acceptors (Lipinski definition) is 4. The molecule has 1 aromatic heterocycles. The van der Waals surface area contributed by atoms with E-state index in [2.05, 4.69) is 41.3 Å². The van der Waals surface area contributed by atoms with Crippen molar-refractivity contribution >= 4 is 0 Å². The molecule has 0 aliphatic rings. The Labute approximate surface area is 97.9 Å². The number of hydrogen-bond donors (Lipinski definition) is 1. The van der Waals surface area contributed by atoms with Gasteiger partial charge in [0.25, 0.3) is 0 Å². The number of nitrogens with one attached hydrogen (secondary N) is 1. The molecule has 1 N–H and O–H groups in total. The van der Waals surface area contributed by atoms with E-state index in [0.29, 0.717) is 6.04 Å². The number of nitrogens with zero attached hydrogens (tertiary/aromatic N) is 4. The van der Waals surface area contributed by atoms with Crippen LogP contribution in [0.2, 0.25) is 0 Å². The largest absolute Gasteiger partial charge is 0.314 e. The van der Waals surface area contributed by atoms with Crippen LogP contribution in [-0.2, 0) is 13.5 Å². The van der Waals surface area contributed by atoms with Crippen LogP contribution in [0.3, 0.4) is 0 Å². The van der Waals surface area contributed by atoms with Crippen molar-refractivity contribution in [2.24, 2.45) is 7.05 Å². The molecular formula is C11H23N5. The van der Waals surface area contributed by atoms with Gasteiger partial charge in [0.15, 0.2) is 0 Å².